The highest BCUT2D eigenvalue weighted by molar-refractivity contribution is 5.82. The zero-order chi connectivity index (χ0) is 18.6. The zero-order valence-corrected chi connectivity index (χ0v) is 15.4. The number of piperidine rings is 2. The van der Waals surface area contributed by atoms with Crippen LogP contribution < -0.4 is 5.73 Å². The van der Waals surface area contributed by atoms with Crippen molar-refractivity contribution in [2.24, 2.45) is 11.1 Å². The normalized spacial score (nSPS) is 20.9. The molecule has 2 N–H and O–H groups in total. The van der Waals surface area contributed by atoms with E-state index >= 15 is 0 Å². The van der Waals surface area contributed by atoms with Gasteiger partial charge in [-0.2, -0.15) is 0 Å². The SMILES string of the molecule is C=CCN1CC2(CCC1=O)CCN(C(=O)[C@H](N)Cc1ccccc1)CC2. The maximum atomic E-state index is 12.7. The predicted molar refractivity (Wildman–Crippen MR) is 102 cm³/mol. The predicted octanol–water partition coefficient (Wildman–Crippen LogP) is 1.97. The van der Waals surface area contributed by atoms with Gasteiger partial charge in [0.25, 0.3) is 0 Å². The number of likely N-dealkylation sites (tertiary alicyclic amines) is 2. The van der Waals surface area contributed by atoms with Crippen molar-refractivity contribution in [2.75, 3.05) is 26.2 Å². The van der Waals surface area contributed by atoms with Crippen LogP contribution in [0.5, 0.6) is 0 Å². The third-order valence-electron chi connectivity index (χ3n) is 5.85. The summed E-state index contributed by atoms with van der Waals surface area (Å²) >= 11 is 0. The monoisotopic (exact) mass is 355 g/mol. The van der Waals surface area contributed by atoms with Gasteiger partial charge in [0, 0.05) is 32.6 Å². The fourth-order valence-corrected chi connectivity index (χ4v) is 4.22. The Morgan fingerprint density at radius 1 is 1.23 bits per heavy atom. The van der Waals surface area contributed by atoms with Crippen LogP contribution in [0.3, 0.4) is 0 Å². The molecule has 0 radical (unpaired) electrons. The van der Waals surface area contributed by atoms with E-state index in [2.05, 4.69) is 6.58 Å². The Balaban J connectivity index is 1.55. The summed E-state index contributed by atoms with van der Waals surface area (Å²) in [7, 11) is 0. The fraction of sp³-hybridized carbons (Fsp3) is 0.524. The zero-order valence-electron chi connectivity index (χ0n) is 15.4. The van der Waals surface area contributed by atoms with Crippen LogP contribution in [-0.2, 0) is 16.0 Å². The Hall–Kier alpha value is -2.14. The van der Waals surface area contributed by atoms with E-state index in [-0.39, 0.29) is 17.2 Å². The number of rotatable bonds is 5. The molecule has 0 aromatic heterocycles. The van der Waals surface area contributed by atoms with Gasteiger partial charge in [0.1, 0.15) is 0 Å². The van der Waals surface area contributed by atoms with Crippen molar-refractivity contribution in [3.8, 4) is 0 Å². The van der Waals surface area contributed by atoms with Gasteiger partial charge in [-0.1, -0.05) is 36.4 Å². The van der Waals surface area contributed by atoms with Crippen LogP contribution in [0.2, 0.25) is 0 Å². The van der Waals surface area contributed by atoms with Gasteiger partial charge in [-0.3, -0.25) is 9.59 Å². The summed E-state index contributed by atoms with van der Waals surface area (Å²) in [4.78, 5) is 28.6. The maximum Gasteiger partial charge on any atom is 0.239 e. The number of carbonyl (C=O) groups is 2. The van der Waals surface area contributed by atoms with Crippen LogP contribution in [0.4, 0.5) is 0 Å². The number of benzene rings is 1. The third kappa shape index (κ3) is 4.15. The number of hydrogen-bond donors (Lipinski definition) is 1. The lowest BCUT2D eigenvalue weighted by molar-refractivity contribution is -0.142. The van der Waals surface area contributed by atoms with Gasteiger partial charge >= 0.3 is 0 Å². The Morgan fingerprint density at radius 2 is 1.92 bits per heavy atom. The van der Waals surface area contributed by atoms with Gasteiger partial charge in [-0.15, -0.1) is 6.58 Å². The molecule has 2 aliphatic heterocycles. The van der Waals surface area contributed by atoms with Crippen LogP contribution in [0.15, 0.2) is 43.0 Å². The molecule has 2 aliphatic rings. The van der Waals surface area contributed by atoms with Gasteiger partial charge in [0.2, 0.25) is 11.8 Å². The Morgan fingerprint density at radius 3 is 2.58 bits per heavy atom. The van der Waals surface area contributed by atoms with Gasteiger partial charge in [-0.25, -0.2) is 0 Å². The second-order valence-electron chi connectivity index (χ2n) is 7.68. The number of hydrogen-bond acceptors (Lipinski definition) is 3. The molecule has 2 heterocycles. The Kier molecular flexibility index (Phi) is 5.77. The quantitative estimate of drug-likeness (QED) is 0.821. The number of carbonyl (C=O) groups excluding carboxylic acids is 2. The summed E-state index contributed by atoms with van der Waals surface area (Å²) in [6.07, 6.45) is 5.78. The topological polar surface area (TPSA) is 66.6 Å². The molecule has 0 aliphatic carbocycles. The van der Waals surface area contributed by atoms with Crippen LogP contribution in [-0.4, -0.2) is 53.8 Å². The summed E-state index contributed by atoms with van der Waals surface area (Å²) in [6.45, 7) is 6.62. The number of nitrogens with zero attached hydrogens (tertiary/aromatic N) is 2. The van der Waals surface area contributed by atoms with Crippen LogP contribution in [0, 0.1) is 5.41 Å². The summed E-state index contributed by atoms with van der Waals surface area (Å²) in [5.74, 6) is 0.262. The molecule has 2 amide bonds. The molecule has 1 aromatic carbocycles. The van der Waals surface area contributed by atoms with Gasteiger partial charge in [0.05, 0.1) is 6.04 Å². The first kappa shape index (κ1) is 18.6. The molecule has 2 fully saturated rings. The summed E-state index contributed by atoms with van der Waals surface area (Å²) in [6, 6.07) is 9.42. The highest BCUT2D eigenvalue weighted by Crippen LogP contribution is 2.40. The molecule has 5 heteroatoms. The lowest BCUT2D eigenvalue weighted by Crippen LogP contribution is -2.54. The summed E-state index contributed by atoms with van der Waals surface area (Å²) in [5, 5.41) is 0. The van der Waals surface area contributed by atoms with E-state index in [9.17, 15) is 9.59 Å². The molecule has 5 nitrogen and oxygen atoms in total. The molecule has 26 heavy (non-hydrogen) atoms. The molecular formula is C21H29N3O2. The number of nitrogens with two attached hydrogens (primary N) is 1. The van der Waals surface area contributed by atoms with Crippen molar-refractivity contribution in [2.45, 2.75) is 38.1 Å². The molecular weight excluding hydrogens is 326 g/mol. The van der Waals surface area contributed by atoms with Gasteiger partial charge in [-0.05, 0) is 36.7 Å². The van der Waals surface area contributed by atoms with Crippen molar-refractivity contribution in [1.82, 2.24) is 9.80 Å². The molecule has 2 saturated heterocycles. The van der Waals surface area contributed by atoms with Crippen molar-refractivity contribution < 1.29 is 9.59 Å². The van der Waals surface area contributed by atoms with E-state index < -0.39 is 6.04 Å². The van der Waals surface area contributed by atoms with Crippen molar-refractivity contribution in [3.63, 3.8) is 0 Å². The van der Waals surface area contributed by atoms with Gasteiger partial charge in [0.15, 0.2) is 0 Å². The second-order valence-corrected chi connectivity index (χ2v) is 7.68. The van der Waals surface area contributed by atoms with E-state index in [0.29, 0.717) is 19.4 Å². The minimum absolute atomic E-state index is 0.0403. The second kappa shape index (κ2) is 8.04. The van der Waals surface area contributed by atoms with Crippen molar-refractivity contribution in [1.29, 1.82) is 0 Å². The Labute approximate surface area is 155 Å². The third-order valence-corrected chi connectivity index (χ3v) is 5.85. The molecule has 1 spiro atoms. The molecule has 0 unspecified atom stereocenters. The van der Waals surface area contributed by atoms with E-state index in [4.69, 9.17) is 5.73 Å². The van der Waals surface area contributed by atoms with E-state index in [0.717, 1.165) is 44.5 Å². The molecule has 140 valence electrons. The average molecular weight is 355 g/mol. The van der Waals surface area contributed by atoms with E-state index in [1.807, 2.05) is 40.1 Å². The lowest BCUT2D eigenvalue weighted by Gasteiger charge is -2.47. The van der Waals surface area contributed by atoms with Crippen molar-refractivity contribution >= 4 is 11.8 Å². The minimum atomic E-state index is -0.489. The standard InChI is InChI=1S/C21H29N3O2/c1-2-12-24-16-21(9-8-19(24)25)10-13-23(14-11-21)20(26)18(22)15-17-6-4-3-5-7-17/h2-7,18H,1,8-16,22H2/t18-/m1/s1. The van der Waals surface area contributed by atoms with Gasteiger partial charge < -0.3 is 15.5 Å². The van der Waals surface area contributed by atoms with E-state index in [1.165, 1.54) is 0 Å². The molecule has 1 aromatic rings. The largest absolute Gasteiger partial charge is 0.341 e. The highest BCUT2D eigenvalue weighted by atomic mass is 16.2. The molecule has 1 atom stereocenters. The first-order valence-corrected chi connectivity index (χ1v) is 9.50. The fourth-order valence-electron chi connectivity index (χ4n) is 4.22. The van der Waals surface area contributed by atoms with Crippen molar-refractivity contribution in [3.05, 3.63) is 48.6 Å². The Bertz CT molecular complexity index is 650. The average Bonchev–Trinajstić information content (AvgIpc) is 2.66. The highest BCUT2D eigenvalue weighted by Gasteiger charge is 2.41. The smallest absolute Gasteiger partial charge is 0.239 e. The first-order chi connectivity index (χ1) is 12.5. The molecule has 0 bridgehead atoms. The first-order valence-electron chi connectivity index (χ1n) is 9.50. The lowest BCUT2D eigenvalue weighted by atomic mass is 9.72. The van der Waals surface area contributed by atoms with Crippen LogP contribution in [0.1, 0.15) is 31.2 Å². The van der Waals surface area contributed by atoms with Crippen LogP contribution >= 0.6 is 0 Å². The van der Waals surface area contributed by atoms with E-state index in [1.54, 1.807) is 6.08 Å². The molecule has 3 rings (SSSR count). The minimum Gasteiger partial charge on any atom is -0.341 e. The maximum absolute atomic E-state index is 12.7. The summed E-state index contributed by atoms with van der Waals surface area (Å²) < 4.78 is 0. The number of amides is 2. The molecule has 0 saturated carbocycles. The van der Waals surface area contributed by atoms with Crippen LogP contribution in [0.25, 0.3) is 0 Å². The summed E-state index contributed by atoms with van der Waals surface area (Å²) in [5.41, 5.74) is 7.42.